The van der Waals surface area contributed by atoms with Crippen LogP contribution in [0.15, 0.2) is 24.4 Å². The highest BCUT2D eigenvalue weighted by molar-refractivity contribution is 5.93. The molecule has 2 N–H and O–H groups in total. The number of hydrogen-bond acceptors (Lipinski definition) is 4. The molecule has 2 heterocycles. The topological polar surface area (TPSA) is 95.2 Å². The second-order valence-electron chi connectivity index (χ2n) is 11.0. The number of amides is 2. The van der Waals surface area contributed by atoms with Crippen molar-refractivity contribution in [3.63, 3.8) is 0 Å². The molecule has 2 fully saturated rings. The normalized spacial score (nSPS) is 19.4. The minimum absolute atomic E-state index is 0.0248. The van der Waals surface area contributed by atoms with Crippen LogP contribution < -0.4 is 5.32 Å². The van der Waals surface area contributed by atoms with E-state index in [0.29, 0.717) is 36.0 Å². The van der Waals surface area contributed by atoms with Crippen LogP contribution in [0.25, 0.3) is 11.3 Å². The lowest BCUT2D eigenvalue weighted by molar-refractivity contribution is -0.138. The van der Waals surface area contributed by atoms with Crippen LogP contribution in [0.5, 0.6) is 0 Å². The summed E-state index contributed by atoms with van der Waals surface area (Å²) in [5.41, 5.74) is 1.80. The van der Waals surface area contributed by atoms with Crippen LogP contribution in [0.1, 0.15) is 88.9 Å². The van der Waals surface area contributed by atoms with Gasteiger partial charge in [-0.25, -0.2) is 9.37 Å². The molecule has 1 saturated carbocycles. The van der Waals surface area contributed by atoms with E-state index in [1.807, 2.05) is 31.7 Å². The summed E-state index contributed by atoms with van der Waals surface area (Å²) in [6.07, 6.45) is 8.20. The van der Waals surface area contributed by atoms with E-state index in [9.17, 15) is 18.8 Å². The Morgan fingerprint density at radius 3 is 2.68 bits per heavy atom. The zero-order valence-electron chi connectivity index (χ0n) is 22.2. The Morgan fingerprint density at radius 1 is 1.19 bits per heavy atom. The van der Waals surface area contributed by atoms with Gasteiger partial charge in [0.25, 0.3) is 0 Å². The maximum Gasteiger partial charge on any atom is 0.225 e. The third-order valence-corrected chi connectivity index (χ3v) is 7.69. The summed E-state index contributed by atoms with van der Waals surface area (Å²) in [7, 11) is 0. The fourth-order valence-electron chi connectivity index (χ4n) is 5.12. The number of aromatic nitrogens is 2. The van der Waals surface area contributed by atoms with E-state index in [1.54, 1.807) is 12.3 Å². The van der Waals surface area contributed by atoms with Crippen molar-refractivity contribution in [2.24, 2.45) is 5.92 Å². The number of piperidine rings is 1. The van der Waals surface area contributed by atoms with Crippen LogP contribution in [-0.4, -0.2) is 51.1 Å². The number of nitrogens with zero attached hydrogens (tertiary/aromatic N) is 2. The fraction of sp³-hybridized carbons (Fsp3) is 0.586. The van der Waals surface area contributed by atoms with Crippen LogP contribution >= 0.6 is 0 Å². The molecule has 37 heavy (non-hydrogen) atoms. The largest absolute Gasteiger partial charge is 0.346 e. The van der Waals surface area contributed by atoms with E-state index in [0.717, 1.165) is 44.1 Å². The number of ketones is 1. The van der Waals surface area contributed by atoms with Gasteiger partial charge in [-0.2, -0.15) is 0 Å². The Labute approximate surface area is 218 Å². The van der Waals surface area contributed by atoms with Crippen molar-refractivity contribution in [3.8, 4) is 11.3 Å². The lowest BCUT2D eigenvalue weighted by Gasteiger charge is -2.34. The van der Waals surface area contributed by atoms with Crippen LogP contribution in [-0.2, 0) is 14.4 Å². The number of imidazole rings is 1. The molecule has 1 aromatic heterocycles. The average Bonchev–Trinajstić information content (AvgIpc) is 3.56. The second kappa shape index (κ2) is 12.0. The SMILES string of the molecule is Cc1ccc(-c2cnc([C@H](C)CC(=O)[C@H](CC(=O)N3CCCC[C@@H]3C)NC(=O)CCC3CC3)[nH]2)c(F)c1. The first-order chi connectivity index (χ1) is 17.7. The van der Waals surface area contributed by atoms with E-state index < -0.39 is 6.04 Å². The van der Waals surface area contributed by atoms with Crippen molar-refractivity contribution in [2.45, 2.75) is 96.6 Å². The van der Waals surface area contributed by atoms with E-state index in [4.69, 9.17) is 0 Å². The van der Waals surface area contributed by atoms with Crippen molar-refractivity contribution in [1.29, 1.82) is 0 Å². The van der Waals surface area contributed by atoms with E-state index in [1.165, 1.54) is 6.07 Å². The van der Waals surface area contributed by atoms with Crippen molar-refractivity contribution in [1.82, 2.24) is 20.2 Å². The predicted molar refractivity (Wildman–Crippen MR) is 140 cm³/mol. The molecule has 8 heteroatoms. The van der Waals surface area contributed by atoms with Gasteiger partial charge in [0, 0.05) is 36.9 Å². The molecule has 3 atom stereocenters. The highest BCUT2D eigenvalue weighted by Crippen LogP contribution is 2.33. The number of H-pyrrole nitrogens is 1. The number of rotatable bonds is 11. The molecule has 200 valence electrons. The predicted octanol–water partition coefficient (Wildman–Crippen LogP) is 5.05. The highest BCUT2D eigenvalue weighted by Gasteiger charge is 2.31. The Bertz CT molecular complexity index is 1130. The summed E-state index contributed by atoms with van der Waals surface area (Å²) in [6.45, 7) is 6.43. The van der Waals surface area contributed by atoms with Gasteiger partial charge in [0.2, 0.25) is 11.8 Å². The molecule has 7 nitrogen and oxygen atoms in total. The standard InChI is InChI=1S/C29H39FN4O3/c1-18-7-11-22(23(30)14-18)25-17-31-29(33-25)19(2)15-26(35)24(32-27(36)12-10-21-8-9-21)16-28(37)34-13-5-4-6-20(34)3/h7,11,14,17,19-21,24H,4-6,8-10,12-13,15-16H2,1-3H3,(H,31,33)(H,32,36)/t19-,20+,24+/m1/s1. The number of carbonyl (C=O) groups excluding carboxylic acids is 3. The molecule has 1 aromatic carbocycles. The molecule has 1 aliphatic carbocycles. The maximum atomic E-state index is 14.4. The summed E-state index contributed by atoms with van der Waals surface area (Å²) >= 11 is 0. The molecular weight excluding hydrogens is 471 g/mol. The monoisotopic (exact) mass is 510 g/mol. The quantitative estimate of drug-likeness (QED) is 0.442. The third kappa shape index (κ3) is 7.27. The smallest absolute Gasteiger partial charge is 0.225 e. The van der Waals surface area contributed by atoms with Crippen molar-refractivity contribution in [3.05, 3.63) is 41.6 Å². The van der Waals surface area contributed by atoms with Gasteiger partial charge in [0.15, 0.2) is 5.78 Å². The Kier molecular flexibility index (Phi) is 8.77. The molecular formula is C29H39FN4O3. The Hall–Kier alpha value is -3.03. The van der Waals surface area contributed by atoms with Gasteiger partial charge in [-0.3, -0.25) is 14.4 Å². The molecule has 1 aliphatic heterocycles. The molecule has 0 radical (unpaired) electrons. The number of halogens is 1. The zero-order valence-corrected chi connectivity index (χ0v) is 22.2. The first kappa shape index (κ1) is 27.0. The van der Waals surface area contributed by atoms with Gasteiger partial charge < -0.3 is 15.2 Å². The molecule has 2 aromatic rings. The number of hydrogen-bond donors (Lipinski definition) is 2. The van der Waals surface area contributed by atoms with Crippen molar-refractivity contribution < 1.29 is 18.8 Å². The second-order valence-corrected chi connectivity index (χ2v) is 11.0. The third-order valence-electron chi connectivity index (χ3n) is 7.69. The summed E-state index contributed by atoms with van der Waals surface area (Å²) < 4.78 is 14.4. The molecule has 2 aliphatic rings. The number of Topliss-reactive ketones (excluding diaryl/α,β-unsaturated/α-hetero) is 1. The van der Waals surface area contributed by atoms with Gasteiger partial charge in [-0.05, 0) is 63.1 Å². The van der Waals surface area contributed by atoms with E-state index >= 15 is 0 Å². The number of aryl methyl sites for hydroxylation is 1. The van der Waals surface area contributed by atoms with Gasteiger partial charge in [-0.1, -0.05) is 25.8 Å². The van der Waals surface area contributed by atoms with Crippen LogP contribution in [0, 0.1) is 18.7 Å². The summed E-state index contributed by atoms with van der Waals surface area (Å²) in [4.78, 5) is 48.5. The molecule has 2 amide bonds. The van der Waals surface area contributed by atoms with E-state index in [-0.39, 0.29) is 48.2 Å². The zero-order chi connectivity index (χ0) is 26.5. The minimum Gasteiger partial charge on any atom is -0.346 e. The molecule has 4 rings (SSSR count). The number of carbonyl (C=O) groups is 3. The summed E-state index contributed by atoms with van der Waals surface area (Å²) in [5, 5.41) is 2.87. The van der Waals surface area contributed by atoms with Crippen LogP contribution in [0.3, 0.4) is 0 Å². The van der Waals surface area contributed by atoms with Crippen molar-refractivity contribution in [2.75, 3.05) is 6.54 Å². The maximum absolute atomic E-state index is 14.4. The molecule has 0 spiro atoms. The van der Waals surface area contributed by atoms with Gasteiger partial charge in [0.1, 0.15) is 11.6 Å². The number of aromatic amines is 1. The number of benzene rings is 1. The lowest BCUT2D eigenvalue weighted by atomic mass is 9.96. The fourth-order valence-corrected chi connectivity index (χ4v) is 5.12. The van der Waals surface area contributed by atoms with Crippen LogP contribution in [0.4, 0.5) is 4.39 Å². The molecule has 0 bridgehead atoms. The highest BCUT2D eigenvalue weighted by atomic mass is 19.1. The first-order valence-corrected chi connectivity index (χ1v) is 13.6. The Morgan fingerprint density at radius 2 is 1.97 bits per heavy atom. The van der Waals surface area contributed by atoms with Gasteiger partial charge in [-0.15, -0.1) is 0 Å². The average molecular weight is 511 g/mol. The number of nitrogens with one attached hydrogen (secondary N) is 2. The van der Waals surface area contributed by atoms with Crippen LogP contribution in [0.2, 0.25) is 0 Å². The van der Waals surface area contributed by atoms with Gasteiger partial charge in [0.05, 0.1) is 24.4 Å². The molecule has 1 saturated heterocycles. The molecule has 0 unspecified atom stereocenters. The summed E-state index contributed by atoms with van der Waals surface area (Å²) in [5.74, 6) is 0.108. The summed E-state index contributed by atoms with van der Waals surface area (Å²) in [6, 6.07) is 4.30. The first-order valence-electron chi connectivity index (χ1n) is 13.6. The Balaban J connectivity index is 1.42. The number of likely N-dealkylation sites (tertiary alicyclic amines) is 1. The van der Waals surface area contributed by atoms with Crippen molar-refractivity contribution >= 4 is 17.6 Å². The lowest BCUT2D eigenvalue weighted by Crippen LogP contribution is -2.48. The van der Waals surface area contributed by atoms with E-state index in [2.05, 4.69) is 15.3 Å². The minimum atomic E-state index is -0.861. The van der Waals surface area contributed by atoms with Gasteiger partial charge >= 0.3 is 0 Å².